The van der Waals surface area contributed by atoms with Gasteiger partial charge in [-0.15, -0.1) is 0 Å². The van der Waals surface area contributed by atoms with Crippen LogP contribution < -0.4 is 20.1 Å². The third kappa shape index (κ3) is 5.45. The van der Waals surface area contributed by atoms with Crippen LogP contribution in [0.4, 0.5) is 10.9 Å². The number of rotatable bonds is 10. The molecule has 14 heteroatoms. The Morgan fingerprint density at radius 3 is 2.78 bits per heavy atom. The topological polar surface area (TPSA) is 168 Å². The van der Waals surface area contributed by atoms with Gasteiger partial charge in [0.25, 0.3) is 10.0 Å². The summed E-state index contributed by atoms with van der Waals surface area (Å²) in [7, 11) is -0.530. The summed E-state index contributed by atoms with van der Waals surface area (Å²) in [5.74, 6) is -1.03. The standard InChI is InChI=1S/C23H28N6O6S2/c1-4-35-18-11-15-13(5-7-25-20(15)24)9-14(18)10-17(22(31)32)29-8-6-16(21(29)30)27-37(33,34)19-12-26-23(36-19)28(2)3/h5,7,9,11-12,16-17,27H,4,6,8,10H2,1-3H3,(H2,24,25)(H,31,32). The molecule has 1 saturated heterocycles. The van der Waals surface area contributed by atoms with Gasteiger partial charge in [0.15, 0.2) is 9.34 Å². The van der Waals surface area contributed by atoms with Crippen LogP contribution in [0.2, 0.25) is 0 Å². The molecule has 2 atom stereocenters. The minimum absolute atomic E-state index is 0.0245. The van der Waals surface area contributed by atoms with E-state index in [1.165, 1.54) is 11.1 Å². The van der Waals surface area contributed by atoms with Crippen molar-refractivity contribution in [2.75, 3.05) is 37.9 Å². The maximum absolute atomic E-state index is 13.2. The molecule has 1 aliphatic heterocycles. The van der Waals surface area contributed by atoms with E-state index in [4.69, 9.17) is 10.5 Å². The first-order valence-corrected chi connectivity index (χ1v) is 13.8. The van der Waals surface area contributed by atoms with Gasteiger partial charge in [0.05, 0.1) is 12.8 Å². The first-order chi connectivity index (χ1) is 17.5. The number of carbonyl (C=O) groups is 2. The Bertz CT molecular complexity index is 1440. The number of carboxylic acid groups (broad SMARTS) is 1. The van der Waals surface area contributed by atoms with E-state index in [1.807, 2.05) is 0 Å². The molecule has 2 aromatic heterocycles. The van der Waals surface area contributed by atoms with E-state index in [1.54, 1.807) is 50.3 Å². The second kappa shape index (κ2) is 10.5. The predicted molar refractivity (Wildman–Crippen MR) is 139 cm³/mol. The fourth-order valence-electron chi connectivity index (χ4n) is 4.21. The lowest BCUT2D eigenvalue weighted by Gasteiger charge is -2.26. The van der Waals surface area contributed by atoms with E-state index in [9.17, 15) is 23.1 Å². The number of likely N-dealkylation sites (tertiary alicyclic amines) is 1. The highest BCUT2D eigenvalue weighted by Gasteiger charge is 2.41. The second-order valence-electron chi connectivity index (χ2n) is 8.72. The SMILES string of the molecule is CCOc1cc2c(N)nccc2cc1CC(C(=O)O)N1CCC(NS(=O)(=O)c2cnc(N(C)C)s2)C1=O. The number of nitrogens with zero attached hydrogens (tertiary/aromatic N) is 4. The molecule has 198 valence electrons. The molecule has 3 heterocycles. The normalized spacial score (nSPS) is 16.8. The van der Waals surface area contributed by atoms with Gasteiger partial charge in [0.1, 0.15) is 23.7 Å². The molecule has 0 radical (unpaired) electrons. The smallest absolute Gasteiger partial charge is 0.326 e. The Kier molecular flexibility index (Phi) is 7.52. The maximum atomic E-state index is 13.2. The monoisotopic (exact) mass is 548 g/mol. The van der Waals surface area contributed by atoms with Crippen LogP contribution in [-0.4, -0.2) is 79.6 Å². The Morgan fingerprint density at radius 1 is 1.38 bits per heavy atom. The predicted octanol–water partition coefficient (Wildman–Crippen LogP) is 1.31. The third-order valence-corrected chi connectivity index (χ3v) is 9.11. The Hall–Kier alpha value is -3.49. The number of hydrogen-bond acceptors (Lipinski definition) is 10. The van der Waals surface area contributed by atoms with Crippen molar-refractivity contribution in [3.05, 3.63) is 36.2 Å². The molecule has 2 unspecified atom stereocenters. The highest BCUT2D eigenvalue weighted by Crippen LogP contribution is 2.31. The maximum Gasteiger partial charge on any atom is 0.326 e. The summed E-state index contributed by atoms with van der Waals surface area (Å²) in [6.07, 6.45) is 2.90. The van der Waals surface area contributed by atoms with Crippen LogP contribution in [0.1, 0.15) is 18.9 Å². The number of carboxylic acids is 1. The van der Waals surface area contributed by atoms with Gasteiger partial charge in [-0.1, -0.05) is 11.3 Å². The minimum Gasteiger partial charge on any atom is -0.494 e. The van der Waals surface area contributed by atoms with Crippen molar-refractivity contribution in [2.45, 2.75) is 36.1 Å². The molecule has 4 N–H and O–H groups in total. The molecule has 0 bridgehead atoms. The second-order valence-corrected chi connectivity index (χ2v) is 11.7. The summed E-state index contributed by atoms with van der Waals surface area (Å²) in [6, 6.07) is 2.96. The number of nitrogen functional groups attached to an aromatic ring is 1. The molecule has 1 amide bonds. The number of nitrogens with one attached hydrogen (secondary N) is 1. The fourth-order valence-corrected chi connectivity index (χ4v) is 6.49. The van der Waals surface area contributed by atoms with E-state index in [0.717, 1.165) is 16.7 Å². The van der Waals surface area contributed by atoms with Crippen molar-refractivity contribution in [3.8, 4) is 5.75 Å². The molecule has 1 fully saturated rings. The molecule has 4 rings (SSSR count). The van der Waals surface area contributed by atoms with Crippen LogP contribution in [0.3, 0.4) is 0 Å². The molecule has 12 nitrogen and oxygen atoms in total. The number of hydrogen-bond donors (Lipinski definition) is 3. The highest BCUT2D eigenvalue weighted by molar-refractivity contribution is 7.91. The zero-order chi connectivity index (χ0) is 26.9. The molecular weight excluding hydrogens is 520 g/mol. The van der Waals surface area contributed by atoms with E-state index < -0.39 is 34.0 Å². The molecule has 0 aliphatic carbocycles. The number of amides is 1. The first kappa shape index (κ1) is 26.6. The first-order valence-electron chi connectivity index (χ1n) is 11.5. The van der Waals surface area contributed by atoms with Gasteiger partial charge in [0, 0.05) is 38.6 Å². The van der Waals surface area contributed by atoms with Gasteiger partial charge in [-0.05, 0) is 42.5 Å². The zero-order valence-electron chi connectivity index (χ0n) is 20.5. The van der Waals surface area contributed by atoms with Crippen LogP contribution >= 0.6 is 11.3 Å². The molecule has 0 spiro atoms. The number of aromatic nitrogens is 2. The van der Waals surface area contributed by atoms with Gasteiger partial charge >= 0.3 is 5.97 Å². The quantitative estimate of drug-likeness (QED) is 0.336. The van der Waals surface area contributed by atoms with Crippen LogP contribution in [0.15, 0.2) is 34.8 Å². The van der Waals surface area contributed by atoms with Crippen molar-refractivity contribution in [1.82, 2.24) is 19.6 Å². The number of pyridine rings is 1. The average molecular weight is 549 g/mol. The number of anilines is 2. The fraction of sp³-hybridized carbons (Fsp3) is 0.391. The summed E-state index contributed by atoms with van der Waals surface area (Å²) in [4.78, 5) is 36.5. The van der Waals surface area contributed by atoms with Crippen molar-refractivity contribution in [3.63, 3.8) is 0 Å². The van der Waals surface area contributed by atoms with Gasteiger partial charge < -0.3 is 25.4 Å². The molecule has 1 aromatic carbocycles. The Morgan fingerprint density at radius 2 is 2.14 bits per heavy atom. The van der Waals surface area contributed by atoms with E-state index in [0.29, 0.717) is 34.3 Å². The number of sulfonamides is 1. The number of nitrogens with two attached hydrogens (primary N) is 1. The van der Waals surface area contributed by atoms with E-state index in [2.05, 4.69) is 14.7 Å². The molecule has 1 aliphatic rings. The van der Waals surface area contributed by atoms with Crippen molar-refractivity contribution in [2.24, 2.45) is 0 Å². The number of fused-ring (bicyclic) bond motifs is 1. The summed E-state index contributed by atoms with van der Waals surface area (Å²) in [5, 5.41) is 12.0. The third-order valence-electron chi connectivity index (χ3n) is 6.01. The molecular formula is C23H28N6O6S2. The largest absolute Gasteiger partial charge is 0.494 e. The summed E-state index contributed by atoms with van der Waals surface area (Å²) in [5.41, 5.74) is 6.58. The number of carbonyl (C=O) groups excluding carboxylic acids is 1. The summed E-state index contributed by atoms with van der Waals surface area (Å²) in [6.45, 7) is 2.24. The molecule has 3 aromatic rings. The number of benzene rings is 1. The molecule has 37 heavy (non-hydrogen) atoms. The van der Waals surface area contributed by atoms with Crippen molar-refractivity contribution >= 4 is 55.0 Å². The average Bonchev–Trinajstić information content (AvgIpc) is 3.47. The van der Waals surface area contributed by atoms with Crippen LogP contribution in [0.25, 0.3) is 10.8 Å². The summed E-state index contributed by atoms with van der Waals surface area (Å²) >= 11 is 0.972. The van der Waals surface area contributed by atoms with Gasteiger partial charge in [-0.2, -0.15) is 4.72 Å². The van der Waals surface area contributed by atoms with Crippen LogP contribution in [-0.2, 0) is 26.0 Å². The van der Waals surface area contributed by atoms with Crippen molar-refractivity contribution < 1.29 is 27.9 Å². The molecule has 0 saturated carbocycles. The van der Waals surface area contributed by atoms with Crippen LogP contribution in [0.5, 0.6) is 5.75 Å². The van der Waals surface area contributed by atoms with Gasteiger partial charge in [0.2, 0.25) is 5.91 Å². The Balaban J connectivity index is 1.57. The number of ether oxygens (including phenoxy) is 1. The lowest BCUT2D eigenvalue weighted by Crippen LogP contribution is -2.48. The van der Waals surface area contributed by atoms with E-state index in [-0.39, 0.29) is 23.6 Å². The van der Waals surface area contributed by atoms with Crippen molar-refractivity contribution in [1.29, 1.82) is 0 Å². The van der Waals surface area contributed by atoms with E-state index >= 15 is 0 Å². The number of aliphatic carboxylic acids is 1. The number of thiazole rings is 1. The Labute approximate surface area is 218 Å². The lowest BCUT2D eigenvalue weighted by atomic mass is 10.00. The lowest BCUT2D eigenvalue weighted by molar-refractivity contribution is -0.148. The van der Waals surface area contributed by atoms with Gasteiger partial charge in [-0.25, -0.2) is 23.2 Å². The zero-order valence-corrected chi connectivity index (χ0v) is 22.2. The summed E-state index contributed by atoms with van der Waals surface area (Å²) < 4.78 is 33.9. The highest BCUT2D eigenvalue weighted by atomic mass is 32.2. The van der Waals surface area contributed by atoms with Crippen LogP contribution in [0, 0.1) is 0 Å². The van der Waals surface area contributed by atoms with Gasteiger partial charge in [-0.3, -0.25) is 4.79 Å². The minimum atomic E-state index is -4.01.